The number of esters is 4. The Kier molecular flexibility index (Phi) is 76.2. The molecule has 0 aromatic rings. The summed E-state index contributed by atoms with van der Waals surface area (Å²) in [7, 11) is -9.93. The van der Waals surface area contributed by atoms with E-state index in [2.05, 4.69) is 55.4 Å². The minimum atomic E-state index is -4.97. The van der Waals surface area contributed by atoms with E-state index in [0.29, 0.717) is 25.7 Å². The van der Waals surface area contributed by atoms with Crippen molar-refractivity contribution in [2.24, 2.45) is 23.7 Å². The van der Waals surface area contributed by atoms with Gasteiger partial charge >= 0.3 is 39.5 Å². The smallest absolute Gasteiger partial charge is 0.462 e. The summed E-state index contributed by atoms with van der Waals surface area (Å²) in [6, 6.07) is 0. The number of unbranched alkanes of at least 4 members (excludes halogenated alkanes) is 50. The van der Waals surface area contributed by atoms with E-state index in [9.17, 15) is 43.2 Å². The third-order valence-electron chi connectivity index (χ3n) is 21.5. The summed E-state index contributed by atoms with van der Waals surface area (Å²) in [4.78, 5) is 73.3. The van der Waals surface area contributed by atoms with Crippen LogP contribution in [0.3, 0.4) is 0 Å². The van der Waals surface area contributed by atoms with E-state index in [-0.39, 0.29) is 25.7 Å². The highest BCUT2D eigenvalue weighted by Gasteiger charge is 2.31. The van der Waals surface area contributed by atoms with Crippen molar-refractivity contribution in [3.05, 3.63) is 0 Å². The van der Waals surface area contributed by atoms with E-state index in [1.807, 2.05) is 0 Å². The van der Waals surface area contributed by atoms with Crippen LogP contribution in [0.2, 0.25) is 0 Å². The highest BCUT2D eigenvalue weighted by atomic mass is 31.2. The van der Waals surface area contributed by atoms with Gasteiger partial charge < -0.3 is 33.8 Å². The quantitative estimate of drug-likeness (QED) is 0.0222. The number of aliphatic hydroxyl groups excluding tert-OH is 1. The Balaban J connectivity index is 5.18. The van der Waals surface area contributed by atoms with Gasteiger partial charge in [0, 0.05) is 25.7 Å². The number of aliphatic hydroxyl groups is 1. The first-order valence-corrected chi connectivity index (χ1v) is 48.8. The second-order valence-corrected chi connectivity index (χ2v) is 36.3. The molecular formula is C89H174O17P2. The summed E-state index contributed by atoms with van der Waals surface area (Å²) in [6.07, 6.45) is 68.2. The first-order chi connectivity index (χ1) is 52.2. The van der Waals surface area contributed by atoms with E-state index in [1.54, 1.807) is 0 Å². The van der Waals surface area contributed by atoms with Crippen LogP contribution in [-0.2, 0) is 65.4 Å². The third-order valence-corrected chi connectivity index (χ3v) is 23.4. The molecule has 19 heteroatoms. The Hall–Kier alpha value is -1.94. The number of ether oxygens (including phenoxy) is 4. The molecule has 4 unspecified atom stereocenters. The van der Waals surface area contributed by atoms with Gasteiger partial charge in [0.2, 0.25) is 0 Å². The van der Waals surface area contributed by atoms with Crippen LogP contribution in [0, 0.1) is 23.7 Å². The van der Waals surface area contributed by atoms with Crippen molar-refractivity contribution in [3.63, 3.8) is 0 Å². The molecule has 108 heavy (non-hydrogen) atoms. The van der Waals surface area contributed by atoms with Crippen LogP contribution in [0.1, 0.15) is 466 Å². The zero-order valence-corrected chi connectivity index (χ0v) is 73.3. The molecule has 642 valence electrons. The van der Waals surface area contributed by atoms with Crippen molar-refractivity contribution in [3.8, 4) is 0 Å². The maximum absolute atomic E-state index is 13.2. The minimum absolute atomic E-state index is 0.107. The third kappa shape index (κ3) is 79.3. The summed E-state index contributed by atoms with van der Waals surface area (Å²) >= 11 is 0. The van der Waals surface area contributed by atoms with Gasteiger partial charge in [0.1, 0.15) is 19.3 Å². The standard InChI is InChI=1S/C89H174O17P2/c1-9-81(7)67-59-51-43-37-31-24-20-16-12-14-17-21-25-32-38-44-53-61-69-86(91)99-75-84(105-88(93)72-64-56-46-40-34-28-27-30-36-42-50-58-66-80(5)6)77-103-107(95,96)101-73-83(90)74-102-108(97,98)104-78-85(76-100-87(92)70-62-54-48-47-52-60-68-82(8)10-2)106-89(94)71-63-55-45-39-33-26-22-18-13-11-15-19-23-29-35-41-49-57-65-79(3)4/h79-85,90H,9-78H2,1-8H3,(H,95,96)(H,97,98)/t81?,82?,83-,84-,85-/m1/s1. The second-order valence-electron chi connectivity index (χ2n) is 33.4. The molecule has 0 bridgehead atoms. The van der Waals surface area contributed by atoms with Crippen molar-refractivity contribution in [2.45, 2.75) is 485 Å². The number of phosphoric ester groups is 2. The maximum Gasteiger partial charge on any atom is 0.472 e. The number of hydrogen-bond acceptors (Lipinski definition) is 15. The molecule has 0 rings (SSSR count). The van der Waals surface area contributed by atoms with Gasteiger partial charge in [-0.1, -0.05) is 415 Å². The summed E-state index contributed by atoms with van der Waals surface area (Å²) in [5.74, 6) is 1.10. The summed E-state index contributed by atoms with van der Waals surface area (Å²) < 4.78 is 69.0. The Morgan fingerprint density at radius 1 is 0.259 bits per heavy atom. The first-order valence-electron chi connectivity index (χ1n) is 45.8. The average molecular weight is 1580 g/mol. The predicted molar refractivity (Wildman–Crippen MR) is 446 cm³/mol. The van der Waals surface area contributed by atoms with Gasteiger partial charge in [0.15, 0.2) is 12.2 Å². The Bertz CT molecular complexity index is 2100. The molecule has 17 nitrogen and oxygen atoms in total. The second kappa shape index (κ2) is 77.6. The van der Waals surface area contributed by atoms with E-state index >= 15 is 0 Å². The average Bonchev–Trinajstić information content (AvgIpc) is 0.900. The lowest BCUT2D eigenvalue weighted by Gasteiger charge is -2.21. The molecule has 0 aliphatic carbocycles. The molecule has 0 heterocycles. The van der Waals surface area contributed by atoms with E-state index in [4.69, 9.17) is 37.0 Å². The van der Waals surface area contributed by atoms with Crippen molar-refractivity contribution in [1.29, 1.82) is 0 Å². The molecule has 0 radical (unpaired) electrons. The Morgan fingerprint density at radius 2 is 0.444 bits per heavy atom. The van der Waals surface area contributed by atoms with Crippen molar-refractivity contribution >= 4 is 39.5 Å². The highest BCUT2D eigenvalue weighted by Crippen LogP contribution is 2.45. The van der Waals surface area contributed by atoms with Crippen molar-refractivity contribution in [1.82, 2.24) is 0 Å². The van der Waals surface area contributed by atoms with Gasteiger partial charge in [-0.3, -0.25) is 37.3 Å². The normalized spacial score (nSPS) is 14.4. The van der Waals surface area contributed by atoms with Crippen LogP contribution < -0.4 is 0 Å². The molecule has 3 N–H and O–H groups in total. The fraction of sp³-hybridized carbons (Fsp3) is 0.955. The van der Waals surface area contributed by atoms with Gasteiger partial charge in [-0.05, 0) is 49.4 Å². The summed E-state index contributed by atoms with van der Waals surface area (Å²) in [5, 5.41) is 10.7. The van der Waals surface area contributed by atoms with Crippen LogP contribution in [0.4, 0.5) is 0 Å². The minimum Gasteiger partial charge on any atom is -0.462 e. The maximum atomic E-state index is 13.2. The molecule has 7 atom stereocenters. The van der Waals surface area contributed by atoms with Gasteiger partial charge in [0.05, 0.1) is 26.4 Å². The molecule has 0 aliphatic rings. The molecule has 0 spiro atoms. The fourth-order valence-corrected chi connectivity index (χ4v) is 15.4. The largest absolute Gasteiger partial charge is 0.472 e. The SMILES string of the molecule is CCC(C)CCCCCCCCCCCCCCCCCCCCC(=O)OC[C@H](COP(=O)(O)OC[C@@H](O)COP(=O)(O)OC[C@@H](COC(=O)CCCCCCCCC(C)CC)OC(=O)CCCCCCCCCCCCCCCCCCCCC(C)C)OC(=O)CCCCCCCCCCCCCCC(C)C. The predicted octanol–water partition coefficient (Wildman–Crippen LogP) is 27.1. The van der Waals surface area contributed by atoms with Crippen molar-refractivity contribution in [2.75, 3.05) is 39.6 Å². The number of rotatable bonds is 86. The summed E-state index contributed by atoms with van der Waals surface area (Å²) in [5.41, 5.74) is 0. The number of hydrogen-bond donors (Lipinski definition) is 3. The van der Waals surface area contributed by atoms with Crippen LogP contribution in [0.25, 0.3) is 0 Å². The fourth-order valence-electron chi connectivity index (χ4n) is 13.8. The van der Waals surface area contributed by atoms with Gasteiger partial charge in [-0.2, -0.15) is 0 Å². The van der Waals surface area contributed by atoms with Crippen LogP contribution in [0.5, 0.6) is 0 Å². The lowest BCUT2D eigenvalue weighted by Crippen LogP contribution is -2.30. The van der Waals surface area contributed by atoms with E-state index in [0.717, 1.165) is 120 Å². The molecule has 0 fully saturated rings. The van der Waals surface area contributed by atoms with E-state index in [1.165, 1.54) is 263 Å². The Labute approximate surface area is 664 Å². The molecule has 0 aliphatic heterocycles. The summed E-state index contributed by atoms with van der Waals surface area (Å²) in [6.45, 7) is 14.4. The van der Waals surface area contributed by atoms with Crippen LogP contribution in [0.15, 0.2) is 0 Å². The van der Waals surface area contributed by atoms with Gasteiger partial charge in [-0.25, -0.2) is 9.13 Å². The monoisotopic (exact) mass is 1580 g/mol. The zero-order chi connectivity index (χ0) is 79.5. The lowest BCUT2D eigenvalue weighted by atomic mass is 9.99. The van der Waals surface area contributed by atoms with Crippen LogP contribution >= 0.6 is 15.6 Å². The number of carbonyl (C=O) groups is 4. The number of carbonyl (C=O) groups excluding carboxylic acids is 4. The zero-order valence-electron chi connectivity index (χ0n) is 71.5. The topological polar surface area (TPSA) is 237 Å². The Morgan fingerprint density at radius 3 is 0.657 bits per heavy atom. The lowest BCUT2D eigenvalue weighted by molar-refractivity contribution is -0.161. The molecule has 0 aromatic heterocycles. The first kappa shape index (κ1) is 106. The molecular weight excluding hydrogens is 1400 g/mol. The van der Waals surface area contributed by atoms with Crippen LogP contribution in [-0.4, -0.2) is 96.7 Å². The molecule has 0 saturated carbocycles. The molecule has 0 aromatic carbocycles. The van der Waals surface area contributed by atoms with Gasteiger partial charge in [0.25, 0.3) is 0 Å². The molecule has 0 amide bonds. The highest BCUT2D eigenvalue weighted by molar-refractivity contribution is 7.47. The number of phosphoric acid groups is 2. The van der Waals surface area contributed by atoms with Crippen molar-refractivity contribution < 1.29 is 80.2 Å². The van der Waals surface area contributed by atoms with Gasteiger partial charge in [-0.15, -0.1) is 0 Å². The van der Waals surface area contributed by atoms with E-state index < -0.39 is 97.5 Å². The molecule has 0 saturated heterocycles.